The van der Waals surface area contributed by atoms with E-state index in [1.54, 1.807) is 42.2 Å². The van der Waals surface area contributed by atoms with E-state index in [2.05, 4.69) is 4.90 Å². The van der Waals surface area contributed by atoms with Crippen LogP contribution < -0.4 is 0 Å². The predicted molar refractivity (Wildman–Crippen MR) is 100 cm³/mol. The zero-order valence-corrected chi connectivity index (χ0v) is 15.7. The minimum atomic E-state index is -0.263. The fourth-order valence-corrected chi connectivity index (χ4v) is 3.01. The Morgan fingerprint density at radius 3 is 2.56 bits per heavy atom. The normalized spacial score (nSPS) is 15.6. The van der Waals surface area contributed by atoms with E-state index in [4.69, 9.17) is 27.9 Å². The standard InChI is InChI=1S/C18H22Cl2N2O3/c1-2-25-18(24)22-11-9-21(10-12-22)8-7-16(23)6-4-14-3-5-15(19)13-17(14)20/h3-6,13H,2,7-12H2,1H3. The molecule has 136 valence electrons. The first-order valence-electron chi connectivity index (χ1n) is 8.29. The van der Waals surface area contributed by atoms with Crippen LogP contribution in [-0.4, -0.2) is 61.0 Å². The highest BCUT2D eigenvalue weighted by molar-refractivity contribution is 6.35. The molecule has 0 radical (unpaired) electrons. The molecule has 2 rings (SSSR count). The summed E-state index contributed by atoms with van der Waals surface area (Å²) < 4.78 is 4.99. The van der Waals surface area contributed by atoms with Crippen LogP contribution in [-0.2, 0) is 9.53 Å². The highest BCUT2D eigenvalue weighted by Crippen LogP contribution is 2.22. The first-order chi connectivity index (χ1) is 12.0. The maximum atomic E-state index is 12.0. The molecule has 0 spiro atoms. The summed E-state index contributed by atoms with van der Waals surface area (Å²) in [4.78, 5) is 27.5. The number of hydrogen-bond donors (Lipinski definition) is 0. The van der Waals surface area contributed by atoms with Crippen LogP contribution in [0.25, 0.3) is 6.08 Å². The molecule has 0 saturated carbocycles. The van der Waals surface area contributed by atoms with Gasteiger partial charge in [-0.3, -0.25) is 9.69 Å². The van der Waals surface area contributed by atoms with Gasteiger partial charge >= 0.3 is 6.09 Å². The van der Waals surface area contributed by atoms with Gasteiger partial charge in [-0.1, -0.05) is 29.3 Å². The Kier molecular flexibility index (Phi) is 7.75. The monoisotopic (exact) mass is 384 g/mol. The topological polar surface area (TPSA) is 49.9 Å². The second-order valence-electron chi connectivity index (χ2n) is 5.74. The molecule has 0 unspecified atom stereocenters. The van der Waals surface area contributed by atoms with Crippen molar-refractivity contribution in [3.63, 3.8) is 0 Å². The zero-order valence-electron chi connectivity index (χ0n) is 14.2. The van der Waals surface area contributed by atoms with Gasteiger partial charge in [0.05, 0.1) is 6.61 Å². The van der Waals surface area contributed by atoms with Crippen LogP contribution >= 0.6 is 23.2 Å². The number of ketones is 1. The molecule has 1 aromatic carbocycles. The van der Waals surface area contributed by atoms with Crippen LogP contribution in [0.3, 0.4) is 0 Å². The van der Waals surface area contributed by atoms with Crippen LogP contribution in [0.5, 0.6) is 0 Å². The molecular weight excluding hydrogens is 363 g/mol. The van der Waals surface area contributed by atoms with Gasteiger partial charge in [0.25, 0.3) is 0 Å². The largest absolute Gasteiger partial charge is 0.450 e. The lowest BCUT2D eigenvalue weighted by atomic mass is 10.1. The van der Waals surface area contributed by atoms with Gasteiger partial charge in [0.2, 0.25) is 0 Å². The van der Waals surface area contributed by atoms with Gasteiger partial charge in [-0.25, -0.2) is 4.79 Å². The Bertz CT molecular complexity index is 641. The van der Waals surface area contributed by atoms with Crippen molar-refractivity contribution in [2.75, 3.05) is 39.3 Å². The summed E-state index contributed by atoms with van der Waals surface area (Å²) in [6.45, 7) is 5.61. The van der Waals surface area contributed by atoms with E-state index in [0.29, 0.717) is 42.7 Å². The Morgan fingerprint density at radius 2 is 1.92 bits per heavy atom. The summed E-state index contributed by atoms with van der Waals surface area (Å²) >= 11 is 11.9. The lowest BCUT2D eigenvalue weighted by Gasteiger charge is -2.33. The lowest BCUT2D eigenvalue weighted by Crippen LogP contribution is -2.49. The van der Waals surface area contributed by atoms with Gasteiger partial charge in [0, 0.05) is 49.2 Å². The number of piperazine rings is 1. The van der Waals surface area contributed by atoms with Gasteiger partial charge < -0.3 is 9.64 Å². The highest BCUT2D eigenvalue weighted by Gasteiger charge is 2.21. The average Bonchev–Trinajstić information content (AvgIpc) is 2.60. The SMILES string of the molecule is CCOC(=O)N1CCN(CCC(=O)C=Cc2ccc(Cl)cc2Cl)CC1. The number of carbonyl (C=O) groups excluding carboxylic acids is 2. The van der Waals surface area contributed by atoms with Crippen LogP contribution in [0.4, 0.5) is 4.79 Å². The Morgan fingerprint density at radius 1 is 1.20 bits per heavy atom. The van der Waals surface area contributed by atoms with E-state index < -0.39 is 0 Å². The van der Waals surface area contributed by atoms with Gasteiger partial charge in [-0.05, 0) is 36.8 Å². The Balaban J connectivity index is 1.74. The van der Waals surface area contributed by atoms with E-state index in [-0.39, 0.29) is 11.9 Å². The number of amides is 1. The van der Waals surface area contributed by atoms with E-state index in [0.717, 1.165) is 18.7 Å². The third kappa shape index (κ3) is 6.34. The fraction of sp³-hybridized carbons (Fsp3) is 0.444. The molecule has 5 nitrogen and oxygen atoms in total. The summed E-state index contributed by atoms with van der Waals surface area (Å²) in [5.41, 5.74) is 0.766. The molecule has 1 amide bonds. The number of hydrogen-bond acceptors (Lipinski definition) is 4. The summed E-state index contributed by atoms with van der Waals surface area (Å²) in [6, 6.07) is 5.17. The number of halogens is 2. The Labute approximate surface area is 158 Å². The van der Waals surface area contributed by atoms with E-state index >= 15 is 0 Å². The van der Waals surface area contributed by atoms with Crippen LogP contribution in [0.15, 0.2) is 24.3 Å². The van der Waals surface area contributed by atoms with Crippen molar-refractivity contribution in [2.24, 2.45) is 0 Å². The summed E-state index contributed by atoms with van der Waals surface area (Å²) in [5, 5.41) is 1.09. The summed E-state index contributed by atoms with van der Waals surface area (Å²) in [7, 11) is 0. The number of benzene rings is 1. The number of carbonyl (C=O) groups is 2. The fourth-order valence-electron chi connectivity index (χ4n) is 2.54. The maximum absolute atomic E-state index is 12.0. The minimum absolute atomic E-state index is 0.0406. The third-order valence-electron chi connectivity index (χ3n) is 3.98. The first-order valence-corrected chi connectivity index (χ1v) is 9.05. The van der Waals surface area contributed by atoms with Gasteiger partial charge in [0.1, 0.15) is 0 Å². The number of nitrogens with zero attached hydrogens (tertiary/aromatic N) is 2. The van der Waals surface area contributed by atoms with Gasteiger partial charge in [-0.2, -0.15) is 0 Å². The molecular formula is C18H22Cl2N2O3. The second-order valence-corrected chi connectivity index (χ2v) is 6.59. The molecule has 1 aliphatic heterocycles. The second kappa shape index (κ2) is 9.80. The summed E-state index contributed by atoms with van der Waals surface area (Å²) in [6.07, 6.45) is 3.42. The molecule has 25 heavy (non-hydrogen) atoms. The first kappa shape index (κ1) is 19.8. The van der Waals surface area contributed by atoms with Crippen molar-refractivity contribution in [1.29, 1.82) is 0 Å². The van der Waals surface area contributed by atoms with Gasteiger partial charge in [0.15, 0.2) is 5.78 Å². The van der Waals surface area contributed by atoms with E-state index in [1.165, 1.54) is 0 Å². The third-order valence-corrected chi connectivity index (χ3v) is 4.55. The van der Waals surface area contributed by atoms with Crippen molar-refractivity contribution >= 4 is 41.2 Å². The van der Waals surface area contributed by atoms with Crippen molar-refractivity contribution in [1.82, 2.24) is 9.80 Å². The van der Waals surface area contributed by atoms with Crippen LogP contribution in [0.2, 0.25) is 10.0 Å². The molecule has 7 heteroatoms. The maximum Gasteiger partial charge on any atom is 0.409 e. The van der Waals surface area contributed by atoms with E-state index in [9.17, 15) is 9.59 Å². The zero-order chi connectivity index (χ0) is 18.2. The van der Waals surface area contributed by atoms with Crippen LogP contribution in [0.1, 0.15) is 18.9 Å². The molecule has 0 atom stereocenters. The number of allylic oxidation sites excluding steroid dienone is 1. The highest BCUT2D eigenvalue weighted by atomic mass is 35.5. The molecule has 0 aliphatic carbocycles. The molecule has 0 N–H and O–H groups in total. The molecule has 1 heterocycles. The molecule has 0 aromatic heterocycles. The minimum Gasteiger partial charge on any atom is -0.450 e. The molecule has 1 aromatic rings. The summed E-state index contributed by atoms with van der Waals surface area (Å²) in [5.74, 6) is 0.0406. The van der Waals surface area contributed by atoms with Crippen molar-refractivity contribution in [2.45, 2.75) is 13.3 Å². The number of ether oxygens (including phenoxy) is 1. The lowest BCUT2D eigenvalue weighted by molar-refractivity contribution is -0.115. The molecule has 0 bridgehead atoms. The molecule has 1 fully saturated rings. The quantitative estimate of drug-likeness (QED) is 0.700. The molecule has 1 aliphatic rings. The van der Waals surface area contributed by atoms with E-state index in [1.807, 2.05) is 0 Å². The van der Waals surface area contributed by atoms with Gasteiger partial charge in [-0.15, -0.1) is 0 Å². The number of rotatable bonds is 6. The van der Waals surface area contributed by atoms with Crippen molar-refractivity contribution < 1.29 is 14.3 Å². The predicted octanol–water partition coefficient (Wildman–Crippen LogP) is 3.74. The van der Waals surface area contributed by atoms with Crippen molar-refractivity contribution in [3.05, 3.63) is 39.9 Å². The van der Waals surface area contributed by atoms with Crippen molar-refractivity contribution in [3.8, 4) is 0 Å². The molecule has 1 saturated heterocycles. The Hall–Kier alpha value is -1.56. The smallest absolute Gasteiger partial charge is 0.409 e. The van der Waals surface area contributed by atoms with Crippen LogP contribution in [0, 0.1) is 0 Å². The average molecular weight is 385 g/mol.